The molecule has 1 aromatic rings. The van der Waals surface area contributed by atoms with Gasteiger partial charge in [0.15, 0.2) is 0 Å². The van der Waals surface area contributed by atoms with Crippen molar-refractivity contribution in [3.63, 3.8) is 0 Å². The van der Waals surface area contributed by atoms with Crippen molar-refractivity contribution in [3.8, 4) is 0 Å². The second-order valence-electron chi connectivity index (χ2n) is 6.11. The third kappa shape index (κ3) is 3.44. The van der Waals surface area contributed by atoms with Gasteiger partial charge >= 0.3 is 5.97 Å². The summed E-state index contributed by atoms with van der Waals surface area (Å²) in [5.74, 6) is -0.793. The predicted octanol–water partition coefficient (Wildman–Crippen LogP) is 1.73. The number of furan rings is 1. The summed E-state index contributed by atoms with van der Waals surface area (Å²) in [6.07, 6.45) is 3.29. The van der Waals surface area contributed by atoms with Gasteiger partial charge in [0.25, 0.3) is 0 Å². The van der Waals surface area contributed by atoms with Gasteiger partial charge in [-0.05, 0) is 25.2 Å². The molecular weight excluding hydrogens is 322 g/mol. The lowest BCUT2D eigenvalue weighted by Crippen LogP contribution is -2.30. The van der Waals surface area contributed by atoms with Crippen LogP contribution in [0.25, 0.3) is 0 Å². The fourth-order valence-corrected chi connectivity index (χ4v) is 4.45. The van der Waals surface area contributed by atoms with Gasteiger partial charge in [-0.15, -0.1) is 0 Å². The van der Waals surface area contributed by atoms with Gasteiger partial charge in [-0.1, -0.05) is 6.92 Å². The Labute approximate surface area is 135 Å². The first-order valence-electron chi connectivity index (χ1n) is 7.89. The highest BCUT2D eigenvalue weighted by atomic mass is 32.2. The average Bonchev–Trinajstić information content (AvgIpc) is 3.04. The van der Waals surface area contributed by atoms with E-state index in [9.17, 15) is 13.2 Å². The van der Waals surface area contributed by atoms with Gasteiger partial charge in [-0.2, -0.15) is 4.31 Å². The van der Waals surface area contributed by atoms with E-state index in [0.717, 1.165) is 6.07 Å². The molecule has 128 valence electrons. The smallest absolute Gasteiger partial charge is 0.371 e. The van der Waals surface area contributed by atoms with Gasteiger partial charge < -0.3 is 14.3 Å². The third-order valence-corrected chi connectivity index (χ3v) is 6.21. The number of hydrogen-bond acceptors (Lipinski definition) is 5. The van der Waals surface area contributed by atoms with Gasteiger partial charge in [0, 0.05) is 32.2 Å². The van der Waals surface area contributed by atoms with Gasteiger partial charge in [-0.25, -0.2) is 13.2 Å². The van der Waals surface area contributed by atoms with Crippen LogP contribution in [0, 0.1) is 5.92 Å². The zero-order chi connectivity index (χ0) is 16.6. The molecule has 1 aliphatic carbocycles. The molecule has 0 amide bonds. The molecule has 0 aromatic carbocycles. The molecule has 1 aliphatic heterocycles. The number of nitrogens with zero attached hydrogens (tertiary/aromatic N) is 1. The lowest BCUT2D eigenvalue weighted by Gasteiger charge is -2.16. The molecule has 1 saturated carbocycles. The molecule has 2 aliphatic rings. The Morgan fingerprint density at radius 3 is 2.78 bits per heavy atom. The van der Waals surface area contributed by atoms with Crippen molar-refractivity contribution in [2.24, 2.45) is 5.92 Å². The van der Waals surface area contributed by atoms with Crippen LogP contribution in [0.1, 0.15) is 42.5 Å². The summed E-state index contributed by atoms with van der Waals surface area (Å²) in [6, 6.07) is 1.11. The second-order valence-corrected chi connectivity index (χ2v) is 8.01. The van der Waals surface area contributed by atoms with Crippen LogP contribution in [0.3, 0.4) is 0 Å². The standard InChI is InChI=1S/C15H21NO6S/c1-2-12-14(7-13(22-12)15(17)18)23(19,20)16-6-5-11(8-16)21-9-10-3-4-10/h7,10-11H,2-6,8-9H2,1H3,(H,17,18). The molecule has 1 aromatic heterocycles. The Morgan fingerprint density at radius 2 is 2.17 bits per heavy atom. The Kier molecular flexibility index (Phi) is 4.48. The number of hydrogen-bond donors (Lipinski definition) is 1. The quantitative estimate of drug-likeness (QED) is 0.810. The van der Waals surface area contributed by atoms with E-state index < -0.39 is 16.0 Å². The number of carboxylic acids is 1. The van der Waals surface area contributed by atoms with Crippen molar-refractivity contribution in [2.75, 3.05) is 19.7 Å². The van der Waals surface area contributed by atoms with E-state index >= 15 is 0 Å². The Balaban J connectivity index is 1.74. The zero-order valence-corrected chi connectivity index (χ0v) is 13.8. The average molecular weight is 343 g/mol. The Morgan fingerprint density at radius 1 is 1.43 bits per heavy atom. The summed E-state index contributed by atoms with van der Waals surface area (Å²) >= 11 is 0. The molecule has 0 radical (unpaired) electrons. The number of carbonyl (C=O) groups is 1. The van der Waals surface area contributed by atoms with E-state index in [1.165, 1.54) is 17.1 Å². The fourth-order valence-electron chi connectivity index (χ4n) is 2.73. The molecule has 1 saturated heterocycles. The molecule has 23 heavy (non-hydrogen) atoms. The summed E-state index contributed by atoms with van der Waals surface area (Å²) in [5.41, 5.74) is 0. The zero-order valence-electron chi connectivity index (χ0n) is 13.0. The van der Waals surface area contributed by atoms with Gasteiger partial charge in [-0.3, -0.25) is 0 Å². The minimum atomic E-state index is -3.75. The SMILES string of the molecule is CCc1oc(C(=O)O)cc1S(=O)(=O)N1CCC(OCC2CC2)C1. The molecule has 2 heterocycles. The molecule has 8 heteroatoms. The summed E-state index contributed by atoms with van der Waals surface area (Å²) in [6.45, 7) is 3.13. The molecule has 3 rings (SSSR count). The van der Waals surface area contributed by atoms with Crippen molar-refractivity contribution in [1.29, 1.82) is 0 Å². The Bertz CT molecular complexity index is 691. The molecule has 1 atom stereocenters. The second kappa shape index (κ2) is 6.26. The molecule has 1 N–H and O–H groups in total. The molecule has 1 unspecified atom stereocenters. The maximum absolute atomic E-state index is 12.8. The number of sulfonamides is 1. The summed E-state index contributed by atoms with van der Waals surface area (Å²) in [7, 11) is -3.75. The summed E-state index contributed by atoms with van der Waals surface area (Å²) < 4.78 is 37.8. The van der Waals surface area contributed by atoms with E-state index in [0.29, 0.717) is 38.5 Å². The summed E-state index contributed by atoms with van der Waals surface area (Å²) in [4.78, 5) is 11.0. The van der Waals surface area contributed by atoms with E-state index in [1.807, 2.05) is 0 Å². The van der Waals surface area contributed by atoms with Crippen molar-refractivity contribution in [2.45, 2.75) is 43.6 Å². The van der Waals surface area contributed by atoms with Crippen LogP contribution in [-0.2, 0) is 21.2 Å². The van der Waals surface area contributed by atoms with Crippen LogP contribution in [0.2, 0.25) is 0 Å². The van der Waals surface area contributed by atoms with Crippen LogP contribution in [-0.4, -0.2) is 49.6 Å². The number of aromatic carboxylic acids is 1. The van der Waals surface area contributed by atoms with Crippen molar-refractivity contribution < 1.29 is 27.5 Å². The first-order valence-corrected chi connectivity index (χ1v) is 9.33. The molecular formula is C15H21NO6S. The molecule has 0 spiro atoms. The predicted molar refractivity (Wildman–Crippen MR) is 80.9 cm³/mol. The number of rotatable bonds is 7. The van der Waals surface area contributed by atoms with Crippen LogP contribution in [0.15, 0.2) is 15.4 Å². The largest absolute Gasteiger partial charge is 0.475 e. The minimum Gasteiger partial charge on any atom is -0.475 e. The van der Waals surface area contributed by atoms with Gasteiger partial charge in [0.05, 0.1) is 6.10 Å². The minimum absolute atomic E-state index is 0.0414. The van der Waals surface area contributed by atoms with E-state index in [-0.39, 0.29) is 22.5 Å². The van der Waals surface area contributed by atoms with Crippen LogP contribution < -0.4 is 0 Å². The van der Waals surface area contributed by atoms with Crippen molar-refractivity contribution in [1.82, 2.24) is 4.31 Å². The lowest BCUT2D eigenvalue weighted by molar-refractivity contribution is 0.0561. The highest BCUT2D eigenvalue weighted by molar-refractivity contribution is 7.89. The molecule has 0 bridgehead atoms. The number of carboxylic acid groups (broad SMARTS) is 1. The first-order chi connectivity index (χ1) is 10.9. The lowest BCUT2D eigenvalue weighted by atomic mass is 10.3. The fraction of sp³-hybridized carbons (Fsp3) is 0.667. The van der Waals surface area contributed by atoms with Gasteiger partial charge in [0.1, 0.15) is 10.7 Å². The normalized spacial score (nSPS) is 22.6. The first kappa shape index (κ1) is 16.5. The summed E-state index contributed by atoms with van der Waals surface area (Å²) in [5, 5.41) is 9.00. The van der Waals surface area contributed by atoms with Crippen molar-refractivity contribution in [3.05, 3.63) is 17.6 Å². The monoisotopic (exact) mass is 343 g/mol. The highest BCUT2D eigenvalue weighted by Gasteiger charge is 2.37. The third-order valence-electron chi connectivity index (χ3n) is 4.29. The van der Waals surface area contributed by atoms with E-state index in [1.54, 1.807) is 6.92 Å². The number of aryl methyl sites for hydroxylation is 1. The van der Waals surface area contributed by atoms with Crippen LogP contribution in [0.5, 0.6) is 0 Å². The molecule has 2 fully saturated rings. The maximum atomic E-state index is 12.8. The maximum Gasteiger partial charge on any atom is 0.371 e. The van der Waals surface area contributed by atoms with E-state index in [2.05, 4.69) is 0 Å². The van der Waals surface area contributed by atoms with Crippen LogP contribution in [0.4, 0.5) is 0 Å². The highest BCUT2D eigenvalue weighted by Crippen LogP contribution is 2.31. The van der Waals surface area contributed by atoms with E-state index in [4.69, 9.17) is 14.3 Å². The van der Waals surface area contributed by atoms with Crippen molar-refractivity contribution >= 4 is 16.0 Å². The topological polar surface area (TPSA) is 97.0 Å². The molecule has 7 nitrogen and oxygen atoms in total. The van der Waals surface area contributed by atoms with Gasteiger partial charge in [0.2, 0.25) is 15.8 Å². The Hall–Kier alpha value is -1.38. The number of ether oxygens (including phenoxy) is 1. The van der Waals surface area contributed by atoms with Crippen LogP contribution >= 0.6 is 0 Å².